The van der Waals surface area contributed by atoms with Crippen molar-refractivity contribution in [1.82, 2.24) is 4.98 Å². The van der Waals surface area contributed by atoms with Crippen molar-refractivity contribution in [3.8, 4) is 0 Å². The topological polar surface area (TPSA) is 12.9 Å². The molecule has 1 nitrogen and oxygen atoms in total. The van der Waals surface area contributed by atoms with E-state index in [0.29, 0.717) is 12.8 Å². The Morgan fingerprint density at radius 1 is 1.19 bits per heavy atom. The number of pyridine rings is 1. The number of aryl methyl sites for hydroxylation is 1. The lowest BCUT2D eigenvalue weighted by Gasteiger charge is -2.07. The van der Waals surface area contributed by atoms with Crippen LogP contribution in [0.15, 0.2) is 24.4 Å². The van der Waals surface area contributed by atoms with E-state index in [1.54, 1.807) is 6.20 Å². The van der Waals surface area contributed by atoms with Gasteiger partial charge in [-0.3, -0.25) is 4.98 Å². The molecule has 90 valence electrons. The molecule has 0 aliphatic carbocycles. The first-order chi connectivity index (χ1) is 7.83. The molecule has 16 heavy (non-hydrogen) atoms. The highest BCUT2D eigenvalue weighted by molar-refractivity contribution is 5.03. The molecule has 0 N–H and O–H groups in total. The molecule has 1 heterocycles. The summed E-state index contributed by atoms with van der Waals surface area (Å²) in [5, 5.41) is 0. The van der Waals surface area contributed by atoms with Gasteiger partial charge in [0.2, 0.25) is 0 Å². The van der Waals surface area contributed by atoms with Crippen molar-refractivity contribution < 1.29 is 4.39 Å². The summed E-state index contributed by atoms with van der Waals surface area (Å²) >= 11 is 0. The maximum Gasteiger partial charge on any atom is 0.100 e. The van der Waals surface area contributed by atoms with Gasteiger partial charge < -0.3 is 0 Å². The second-order valence-electron chi connectivity index (χ2n) is 4.31. The predicted octanol–water partition coefficient (Wildman–Crippen LogP) is 4.32. The van der Waals surface area contributed by atoms with Gasteiger partial charge >= 0.3 is 0 Å². The number of hydrogen-bond donors (Lipinski definition) is 0. The quantitative estimate of drug-likeness (QED) is 0.598. The molecular weight excluding hydrogens is 201 g/mol. The van der Waals surface area contributed by atoms with E-state index in [1.165, 1.54) is 19.3 Å². The Morgan fingerprint density at radius 2 is 2.06 bits per heavy atom. The zero-order chi connectivity index (χ0) is 11.6. The first kappa shape index (κ1) is 13.1. The Balaban J connectivity index is 2.08. The summed E-state index contributed by atoms with van der Waals surface area (Å²) in [6, 6.07) is 5.81. The maximum absolute atomic E-state index is 13.5. The normalized spacial score (nSPS) is 12.6. The molecule has 0 amide bonds. The van der Waals surface area contributed by atoms with E-state index in [-0.39, 0.29) is 0 Å². The predicted molar refractivity (Wildman–Crippen MR) is 66.2 cm³/mol. The van der Waals surface area contributed by atoms with Crippen molar-refractivity contribution in [1.29, 1.82) is 0 Å². The number of rotatable bonds is 8. The Labute approximate surface area is 98.1 Å². The molecule has 2 heteroatoms. The van der Waals surface area contributed by atoms with Crippen LogP contribution >= 0.6 is 0 Å². The minimum Gasteiger partial charge on any atom is -0.261 e. The molecule has 1 atom stereocenters. The van der Waals surface area contributed by atoms with E-state index in [1.807, 2.05) is 18.2 Å². The standard InChI is InChI=1S/C14H22FN/c1-2-3-4-5-8-13(15)10-11-14-9-6-7-12-16-14/h6-7,9,12-13H,2-5,8,10-11H2,1H3. The van der Waals surface area contributed by atoms with Gasteiger partial charge in [0.15, 0.2) is 0 Å². The van der Waals surface area contributed by atoms with Crippen LogP contribution in [0.2, 0.25) is 0 Å². The van der Waals surface area contributed by atoms with Crippen LogP contribution < -0.4 is 0 Å². The van der Waals surface area contributed by atoms with Crippen LogP contribution in [0.25, 0.3) is 0 Å². The van der Waals surface area contributed by atoms with Crippen LogP contribution in [-0.4, -0.2) is 11.2 Å². The summed E-state index contributed by atoms with van der Waals surface area (Å²) in [7, 11) is 0. The van der Waals surface area contributed by atoms with Gasteiger partial charge in [0.25, 0.3) is 0 Å². The number of unbranched alkanes of at least 4 members (excludes halogenated alkanes) is 3. The van der Waals surface area contributed by atoms with Crippen LogP contribution in [0.4, 0.5) is 4.39 Å². The summed E-state index contributed by atoms with van der Waals surface area (Å²) in [5.74, 6) is 0. The molecule has 0 fully saturated rings. The number of halogens is 1. The summed E-state index contributed by atoms with van der Waals surface area (Å²) in [4.78, 5) is 4.19. The van der Waals surface area contributed by atoms with Gasteiger partial charge in [-0.05, 0) is 31.4 Å². The van der Waals surface area contributed by atoms with Gasteiger partial charge in [0.1, 0.15) is 6.17 Å². The van der Waals surface area contributed by atoms with Crippen molar-refractivity contribution in [3.63, 3.8) is 0 Å². The van der Waals surface area contributed by atoms with Crippen molar-refractivity contribution in [3.05, 3.63) is 30.1 Å². The van der Waals surface area contributed by atoms with Crippen molar-refractivity contribution in [2.24, 2.45) is 0 Å². The van der Waals surface area contributed by atoms with Gasteiger partial charge in [-0.15, -0.1) is 0 Å². The van der Waals surface area contributed by atoms with E-state index in [4.69, 9.17) is 0 Å². The van der Waals surface area contributed by atoms with Gasteiger partial charge in [0.05, 0.1) is 0 Å². The Morgan fingerprint density at radius 3 is 2.75 bits per heavy atom. The lowest BCUT2D eigenvalue weighted by Crippen LogP contribution is -2.03. The highest BCUT2D eigenvalue weighted by Crippen LogP contribution is 2.13. The molecule has 0 saturated heterocycles. The molecule has 0 spiro atoms. The lowest BCUT2D eigenvalue weighted by atomic mass is 10.1. The fraction of sp³-hybridized carbons (Fsp3) is 0.643. The Kier molecular flexibility index (Phi) is 6.78. The van der Waals surface area contributed by atoms with E-state index in [9.17, 15) is 4.39 Å². The zero-order valence-corrected chi connectivity index (χ0v) is 10.2. The van der Waals surface area contributed by atoms with Crippen LogP contribution in [0.5, 0.6) is 0 Å². The molecule has 1 aromatic heterocycles. The molecule has 0 aliphatic heterocycles. The molecule has 1 aromatic rings. The number of nitrogens with zero attached hydrogens (tertiary/aromatic N) is 1. The van der Waals surface area contributed by atoms with E-state index < -0.39 is 6.17 Å². The average molecular weight is 223 g/mol. The van der Waals surface area contributed by atoms with E-state index in [0.717, 1.165) is 18.5 Å². The summed E-state index contributed by atoms with van der Waals surface area (Å²) in [6.07, 6.45) is 7.84. The SMILES string of the molecule is CCCCCCC(F)CCc1ccccn1. The van der Waals surface area contributed by atoms with Crippen molar-refractivity contribution in [2.45, 2.75) is 58.0 Å². The van der Waals surface area contributed by atoms with Gasteiger partial charge in [-0.25, -0.2) is 4.39 Å². The fourth-order valence-corrected chi connectivity index (χ4v) is 1.79. The lowest BCUT2D eigenvalue weighted by molar-refractivity contribution is 0.287. The molecule has 0 radical (unpaired) electrons. The highest BCUT2D eigenvalue weighted by atomic mass is 19.1. The zero-order valence-electron chi connectivity index (χ0n) is 10.2. The first-order valence-corrected chi connectivity index (χ1v) is 6.37. The Hall–Kier alpha value is -0.920. The molecule has 1 rings (SSSR count). The van der Waals surface area contributed by atoms with Crippen molar-refractivity contribution >= 4 is 0 Å². The molecular formula is C14H22FN. The average Bonchev–Trinajstić information content (AvgIpc) is 2.33. The minimum absolute atomic E-state index is 0.614. The second kappa shape index (κ2) is 8.26. The van der Waals surface area contributed by atoms with E-state index >= 15 is 0 Å². The van der Waals surface area contributed by atoms with Gasteiger partial charge in [-0.1, -0.05) is 38.7 Å². The summed E-state index contributed by atoms with van der Waals surface area (Å²) in [6.45, 7) is 2.17. The van der Waals surface area contributed by atoms with Crippen LogP contribution in [-0.2, 0) is 6.42 Å². The number of alkyl halides is 1. The molecule has 1 unspecified atom stereocenters. The van der Waals surface area contributed by atoms with Crippen molar-refractivity contribution in [2.75, 3.05) is 0 Å². The first-order valence-electron chi connectivity index (χ1n) is 6.37. The summed E-state index contributed by atoms with van der Waals surface area (Å²) < 4.78 is 13.5. The largest absolute Gasteiger partial charge is 0.261 e. The van der Waals surface area contributed by atoms with Crippen LogP contribution in [0.3, 0.4) is 0 Å². The maximum atomic E-state index is 13.5. The molecule has 0 bridgehead atoms. The fourth-order valence-electron chi connectivity index (χ4n) is 1.79. The smallest absolute Gasteiger partial charge is 0.100 e. The third-order valence-corrected chi connectivity index (χ3v) is 2.81. The minimum atomic E-state index is -0.654. The monoisotopic (exact) mass is 223 g/mol. The highest BCUT2D eigenvalue weighted by Gasteiger charge is 2.06. The Bertz CT molecular complexity index is 261. The second-order valence-corrected chi connectivity index (χ2v) is 4.31. The molecule has 0 aromatic carbocycles. The number of aromatic nitrogens is 1. The third kappa shape index (κ3) is 5.84. The third-order valence-electron chi connectivity index (χ3n) is 2.81. The van der Waals surface area contributed by atoms with Crippen LogP contribution in [0.1, 0.15) is 51.1 Å². The van der Waals surface area contributed by atoms with Gasteiger partial charge in [0, 0.05) is 11.9 Å². The molecule has 0 saturated carbocycles. The molecule has 0 aliphatic rings. The van der Waals surface area contributed by atoms with Gasteiger partial charge in [-0.2, -0.15) is 0 Å². The van der Waals surface area contributed by atoms with E-state index in [2.05, 4.69) is 11.9 Å². The number of hydrogen-bond acceptors (Lipinski definition) is 1. The summed E-state index contributed by atoms with van der Waals surface area (Å²) in [5.41, 5.74) is 0.999. The van der Waals surface area contributed by atoms with Crippen LogP contribution in [0, 0.1) is 0 Å².